The number of rotatable bonds is 4. The van der Waals surface area contributed by atoms with Gasteiger partial charge >= 0.3 is 0 Å². The number of ether oxygens (including phenoxy) is 2. The van der Waals surface area contributed by atoms with Crippen molar-refractivity contribution in [1.82, 2.24) is 14.4 Å². The smallest absolute Gasteiger partial charge is 0.292 e. The Morgan fingerprint density at radius 2 is 2.03 bits per heavy atom. The molecule has 1 fully saturated rings. The number of carbonyl (C=O) groups is 1. The van der Waals surface area contributed by atoms with Gasteiger partial charge in [0.1, 0.15) is 16.7 Å². The van der Waals surface area contributed by atoms with Gasteiger partial charge in [-0.15, -0.1) is 0 Å². The fraction of sp³-hybridized carbons (Fsp3) is 0.474. The van der Waals surface area contributed by atoms with E-state index in [0.717, 1.165) is 0 Å². The lowest BCUT2D eigenvalue weighted by Gasteiger charge is -2.31. The maximum Gasteiger partial charge on any atom is 0.292 e. The van der Waals surface area contributed by atoms with Crippen molar-refractivity contribution in [3.8, 4) is 5.75 Å². The molecule has 9 nitrogen and oxygen atoms in total. The van der Waals surface area contributed by atoms with Crippen molar-refractivity contribution in [1.29, 1.82) is 0 Å². The Kier molecular flexibility index (Phi) is 5.57. The second-order valence-corrected chi connectivity index (χ2v) is 8.88. The second-order valence-electron chi connectivity index (χ2n) is 7.03. The van der Waals surface area contributed by atoms with Crippen molar-refractivity contribution in [3.05, 3.63) is 42.3 Å². The summed E-state index contributed by atoms with van der Waals surface area (Å²) in [6.07, 6.45) is 1.99. The van der Waals surface area contributed by atoms with Gasteiger partial charge in [0.15, 0.2) is 0 Å². The first-order chi connectivity index (χ1) is 14.0. The number of amides is 1. The van der Waals surface area contributed by atoms with E-state index in [-0.39, 0.29) is 35.8 Å². The fourth-order valence-electron chi connectivity index (χ4n) is 3.91. The lowest BCUT2D eigenvalue weighted by molar-refractivity contribution is 0.0713. The third-order valence-corrected chi connectivity index (χ3v) is 7.31. The average molecular weight is 421 g/mol. The molecule has 0 unspecified atom stereocenters. The minimum absolute atomic E-state index is 0.166. The minimum atomic E-state index is -3.76. The summed E-state index contributed by atoms with van der Waals surface area (Å²) in [5, 5.41) is 3.59. The first kappa shape index (κ1) is 19.9. The van der Waals surface area contributed by atoms with E-state index in [1.54, 1.807) is 29.2 Å². The number of aromatic nitrogens is 1. The normalized spacial score (nSPS) is 24.0. The van der Waals surface area contributed by atoms with Crippen LogP contribution < -0.4 is 4.74 Å². The van der Waals surface area contributed by atoms with Crippen LogP contribution in [0, 0.1) is 0 Å². The molecule has 2 aromatic rings. The molecule has 0 radical (unpaired) electrons. The molecule has 0 aliphatic carbocycles. The van der Waals surface area contributed by atoms with Crippen LogP contribution in [0.25, 0.3) is 0 Å². The number of hydrogen-bond donors (Lipinski definition) is 0. The van der Waals surface area contributed by atoms with Crippen molar-refractivity contribution >= 4 is 15.9 Å². The third kappa shape index (κ3) is 3.75. The van der Waals surface area contributed by atoms with Crippen LogP contribution in [0.1, 0.15) is 23.4 Å². The molecular weight excluding hydrogens is 398 g/mol. The fourth-order valence-corrected chi connectivity index (χ4v) is 5.69. The molecular formula is C19H23N3O6S. The van der Waals surface area contributed by atoms with Crippen LogP contribution in [0.5, 0.6) is 5.75 Å². The van der Waals surface area contributed by atoms with Crippen LogP contribution in [0.2, 0.25) is 0 Å². The monoisotopic (exact) mass is 421 g/mol. The number of carbonyl (C=O) groups excluding carboxylic acids is 1. The Bertz CT molecular complexity index is 962. The number of nitrogens with zero attached hydrogens (tertiary/aromatic N) is 3. The molecule has 0 bridgehead atoms. The summed E-state index contributed by atoms with van der Waals surface area (Å²) in [4.78, 5) is 14.5. The predicted molar refractivity (Wildman–Crippen MR) is 102 cm³/mol. The lowest BCUT2D eigenvalue weighted by atomic mass is 10.1. The summed E-state index contributed by atoms with van der Waals surface area (Å²) in [6.45, 7) is 1.31. The first-order valence-corrected chi connectivity index (χ1v) is 10.9. The maximum absolute atomic E-state index is 13.4. The Morgan fingerprint density at radius 3 is 2.79 bits per heavy atom. The molecule has 1 saturated heterocycles. The van der Waals surface area contributed by atoms with Gasteiger partial charge in [0, 0.05) is 39.2 Å². The standard InChI is InChI=1S/C19H23N3O6S/c1-26-13-12-22-14-7-10-21(19(23)17-6-9-20-28-17)11-8-15(14)27-16-4-2-3-5-18(16)29(22,24)25/h2-6,9,14-15H,7-8,10-13H2,1H3/t14-,15-/m0/s1. The van der Waals surface area contributed by atoms with Crippen molar-refractivity contribution in [3.63, 3.8) is 0 Å². The van der Waals surface area contributed by atoms with Gasteiger partial charge in [-0.05, 0) is 18.6 Å². The molecule has 29 heavy (non-hydrogen) atoms. The average Bonchev–Trinajstić information content (AvgIpc) is 3.15. The van der Waals surface area contributed by atoms with E-state index in [1.165, 1.54) is 23.7 Å². The van der Waals surface area contributed by atoms with Gasteiger partial charge < -0.3 is 18.9 Å². The quantitative estimate of drug-likeness (QED) is 0.735. The molecule has 2 aliphatic heterocycles. The number of fused-ring (bicyclic) bond motifs is 2. The molecule has 0 spiro atoms. The van der Waals surface area contributed by atoms with Gasteiger partial charge in [0.25, 0.3) is 5.91 Å². The van der Waals surface area contributed by atoms with Gasteiger partial charge in [0.05, 0.1) is 18.8 Å². The van der Waals surface area contributed by atoms with Crippen LogP contribution in [0.4, 0.5) is 0 Å². The van der Waals surface area contributed by atoms with E-state index in [9.17, 15) is 13.2 Å². The second kappa shape index (κ2) is 8.13. The van der Waals surface area contributed by atoms with Gasteiger partial charge in [-0.25, -0.2) is 8.42 Å². The highest BCUT2D eigenvalue weighted by Gasteiger charge is 2.43. The summed E-state index contributed by atoms with van der Waals surface area (Å²) >= 11 is 0. The van der Waals surface area contributed by atoms with Gasteiger partial charge in [0.2, 0.25) is 15.8 Å². The Labute approximate surface area is 169 Å². The van der Waals surface area contributed by atoms with E-state index in [0.29, 0.717) is 31.7 Å². The Balaban J connectivity index is 1.66. The van der Waals surface area contributed by atoms with Gasteiger partial charge in [-0.3, -0.25) is 4.79 Å². The molecule has 156 valence electrons. The summed E-state index contributed by atoms with van der Waals surface area (Å²) in [5.41, 5.74) is 0. The van der Waals surface area contributed by atoms with E-state index in [2.05, 4.69) is 5.16 Å². The number of para-hydroxylation sites is 1. The van der Waals surface area contributed by atoms with Crippen molar-refractivity contribution in [2.45, 2.75) is 29.9 Å². The maximum atomic E-state index is 13.4. The molecule has 1 amide bonds. The Morgan fingerprint density at radius 1 is 1.24 bits per heavy atom. The molecule has 0 N–H and O–H groups in total. The van der Waals surface area contributed by atoms with E-state index in [4.69, 9.17) is 14.0 Å². The summed E-state index contributed by atoms with van der Waals surface area (Å²) in [5.74, 6) is 0.255. The minimum Gasteiger partial charge on any atom is -0.487 e. The number of sulfonamides is 1. The number of methoxy groups -OCH3 is 1. The summed E-state index contributed by atoms with van der Waals surface area (Å²) < 4.78 is 44.6. The van der Waals surface area contributed by atoms with E-state index in [1.807, 2.05) is 0 Å². The van der Waals surface area contributed by atoms with Gasteiger partial charge in [-0.2, -0.15) is 4.31 Å². The highest BCUT2D eigenvalue weighted by Crippen LogP contribution is 2.36. The Hall–Kier alpha value is -2.43. The van der Waals surface area contributed by atoms with Crippen LogP contribution >= 0.6 is 0 Å². The molecule has 2 atom stereocenters. The van der Waals surface area contributed by atoms with Crippen LogP contribution in [-0.4, -0.2) is 74.2 Å². The van der Waals surface area contributed by atoms with E-state index >= 15 is 0 Å². The molecule has 4 rings (SSSR count). The zero-order valence-electron chi connectivity index (χ0n) is 16.1. The van der Waals surface area contributed by atoms with Crippen molar-refractivity contribution in [2.24, 2.45) is 0 Å². The number of likely N-dealkylation sites (tertiary alicyclic amines) is 1. The van der Waals surface area contributed by atoms with Crippen LogP contribution in [0.3, 0.4) is 0 Å². The third-order valence-electron chi connectivity index (χ3n) is 5.34. The zero-order chi connectivity index (χ0) is 20.4. The summed E-state index contributed by atoms with van der Waals surface area (Å²) in [6, 6.07) is 7.79. The molecule has 1 aromatic heterocycles. The molecule has 10 heteroatoms. The van der Waals surface area contributed by atoms with E-state index < -0.39 is 16.1 Å². The molecule has 1 aromatic carbocycles. The summed E-state index contributed by atoms with van der Waals surface area (Å²) in [7, 11) is -2.22. The van der Waals surface area contributed by atoms with Crippen molar-refractivity contribution < 1.29 is 27.2 Å². The van der Waals surface area contributed by atoms with Crippen molar-refractivity contribution in [2.75, 3.05) is 33.4 Å². The lowest BCUT2D eigenvalue weighted by Crippen LogP contribution is -2.48. The molecule has 3 heterocycles. The van der Waals surface area contributed by atoms with Crippen LogP contribution in [-0.2, 0) is 14.8 Å². The van der Waals surface area contributed by atoms with Crippen LogP contribution in [0.15, 0.2) is 45.9 Å². The largest absolute Gasteiger partial charge is 0.487 e. The highest BCUT2D eigenvalue weighted by atomic mass is 32.2. The van der Waals surface area contributed by atoms with Gasteiger partial charge in [-0.1, -0.05) is 17.3 Å². The SMILES string of the molecule is COCCN1[C@H]2CCN(C(=O)c3ccno3)CC[C@@H]2Oc2ccccc2S1(=O)=O. The topological polar surface area (TPSA) is 102 Å². The zero-order valence-corrected chi connectivity index (χ0v) is 16.9. The molecule has 2 aliphatic rings. The molecule has 0 saturated carbocycles. The number of hydrogen-bond acceptors (Lipinski definition) is 7. The predicted octanol–water partition coefficient (Wildman–Crippen LogP) is 1.38. The number of benzene rings is 1. The highest BCUT2D eigenvalue weighted by molar-refractivity contribution is 7.89. The first-order valence-electron chi connectivity index (χ1n) is 9.49.